The average Bonchev–Trinajstić information content (AvgIpc) is 3.22. The van der Waals surface area contributed by atoms with Gasteiger partial charge >= 0.3 is 0 Å². The van der Waals surface area contributed by atoms with Crippen LogP contribution in [0.25, 0.3) is 5.69 Å². The average molecular weight is 416 g/mol. The van der Waals surface area contributed by atoms with E-state index >= 15 is 0 Å². The highest BCUT2D eigenvalue weighted by Gasteiger charge is 2.29. The lowest BCUT2D eigenvalue weighted by Gasteiger charge is -2.33. The Labute approximate surface area is 176 Å². The molecule has 0 bridgehead atoms. The molecule has 2 amide bonds. The minimum absolute atomic E-state index is 0.0382. The zero-order chi connectivity index (χ0) is 20.8. The Kier molecular flexibility index (Phi) is 7.30. The van der Waals surface area contributed by atoms with Crippen molar-refractivity contribution >= 4 is 23.6 Å². The number of aromatic nitrogens is 3. The molecule has 7 nitrogen and oxygen atoms in total. The smallest absolute Gasteiger partial charge is 0.233 e. The number of nitrogens with zero attached hydrogens (tertiary/aromatic N) is 5. The second-order valence-corrected chi connectivity index (χ2v) is 8.22. The van der Waals surface area contributed by atoms with E-state index in [1.807, 2.05) is 59.4 Å². The zero-order valence-corrected chi connectivity index (χ0v) is 18.2. The number of rotatable bonds is 7. The molecule has 0 spiro atoms. The van der Waals surface area contributed by atoms with Crippen LogP contribution in [-0.2, 0) is 9.59 Å². The van der Waals surface area contributed by atoms with Crippen molar-refractivity contribution in [3.05, 3.63) is 36.2 Å². The van der Waals surface area contributed by atoms with Crippen molar-refractivity contribution in [2.24, 2.45) is 5.92 Å². The van der Waals surface area contributed by atoms with E-state index in [2.05, 4.69) is 10.2 Å². The predicted octanol–water partition coefficient (Wildman–Crippen LogP) is 2.77. The fraction of sp³-hybridized carbons (Fsp3) is 0.524. The van der Waals surface area contributed by atoms with Gasteiger partial charge in [-0.2, -0.15) is 0 Å². The molecular weight excluding hydrogens is 386 g/mol. The van der Waals surface area contributed by atoms with E-state index in [1.165, 1.54) is 17.3 Å². The van der Waals surface area contributed by atoms with Gasteiger partial charge in [-0.3, -0.25) is 14.2 Å². The SMILES string of the molecule is CCN(CC)C(=O)C1CCN(C(=O)CSc2nncn2-c2ccc(C)cc2)CC1. The lowest BCUT2D eigenvalue weighted by atomic mass is 9.95. The van der Waals surface area contributed by atoms with Crippen molar-refractivity contribution in [2.75, 3.05) is 31.9 Å². The highest BCUT2D eigenvalue weighted by atomic mass is 32.2. The minimum Gasteiger partial charge on any atom is -0.343 e. The van der Waals surface area contributed by atoms with Gasteiger partial charge in [-0.15, -0.1) is 10.2 Å². The third-order valence-electron chi connectivity index (χ3n) is 5.43. The predicted molar refractivity (Wildman–Crippen MR) is 114 cm³/mol. The first-order chi connectivity index (χ1) is 14.0. The number of likely N-dealkylation sites (tertiary alicyclic amines) is 1. The molecule has 1 aromatic carbocycles. The Bertz CT molecular complexity index is 824. The van der Waals surface area contributed by atoms with E-state index in [0.29, 0.717) is 24.0 Å². The normalized spacial score (nSPS) is 14.8. The third kappa shape index (κ3) is 5.18. The summed E-state index contributed by atoms with van der Waals surface area (Å²) in [5, 5.41) is 8.86. The van der Waals surface area contributed by atoms with E-state index in [0.717, 1.165) is 31.6 Å². The number of thioether (sulfide) groups is 1. The number of carbonyl (C=O) groups is 2. The van der Waals surface area contributed by atoms with Crippen LogP contribution < -0.4 is 0 Å². The highest BCUT2D eigenvalue weighted by Crippen LogP contribution is 2.23. The van der Waals surface area contributed by atoms with Crippen molar-refractivity contribution < 1.29 is 9.59 Å². The van der Waals surface area contributed by atoms with Gasteiger partial charge in [-0.05, 0) is 45.7 Å². The number of benzene rings is 1. The van der Waals surface area contributed by atoms with Gasteiger partial charge in [0.1, 0.15) is 6.33 Å². The zero-order valence-electron chi connectivity index (χ0n) is 17.4. The topological polar surface area (TPSA) is 71.3 Å². The van der Waals surface area contributed by atoms with Crippen molar-refractivity contribution in [3.63, 3.8) is 0 Å². The molecule has 29 heavy (non-hydrogen) atoms. The summed E-state index contributed by atoms with van der Waals surface area (Å²) in [6.07, 6.45) is 3.15. The number of carbonyl (C=O) groups excluding carboxylic acids is 2. The molecular formula is C21H29N5O2S. The fourth-order valence-electron chi connectivity index (χ4n) is 3.59. The third-order valence-corrected chi connectivity index (χ3v) is 6.35. The van der Waals surface area contributed by atoms with Crippen LogP contribution in [0.4, 0.5) is 0 Å². The molecule has 3 rings (SSSR count). The van der Waals surface area contributed by atoms with Gasteiger partial charge in [0.05, 0.1) is 5.75 Å². The highest BCUT2D eigenvalue weighted by molar-refractivity contribution is 7.99. The van der Waals surface area contributed by atoms with Crippen LogP contribution in [0.1, 0.15) is 32.3 Å². The van der Waals surface area contributed by atoms with E-state index in [-0.39, 0.29) is 17.7 Å². The van der Waals surface area contributed by atoms with Gasteiger partial charge < -0.3 is 9.80 Å². The summed E-state index contributed by atoms with van der Waals surface area (Å²) in [6.45, 7) is 8.82. The van der Waals surface area contributed by atoms with Crippen molar-refractivity contribution in [3.8, 4) is 5.69 Å². The van der Waals surface area contributed by atoms with Crippen LogP contribution in [0.5, 0.6) is 0 Å². The van der Waals surface area contributed by atoms with Crippen LogP contribution >= 0.6 is 11.8 Å². The lowest BCUT2D eigenvalue weighted by Crippen LogP contribution is -2.44. The van der Waals surface area contributed by atoms with E-state index in [1.54, 1.807) is 6.33 Å². The number of hydrogen-bond acceptors (Lipinski definition) is 5. The first-order valence-corrected chi connectivity index (χ1v) is 11.2. The van der Waals surface area contributed by atoms with Crippen LogP contribution in [0.3, 0.4) is 0 Å². The monoisotopic (exact) mass is 415 g/mol. The van der Waals surface area contributed by atoms with Gasteiger partial charge in [0.25, 0.3) is 0 Å². The second-order valence-electron chi connectivity index (χ2n) is 7.27. The first kappa shape index (κ1) is 21.4. The van der Waals surface area contributed by atoms with Crippen LogP contribution in [0.15, 0.2) is 35.7 Å². The van der Waals surface area contributed by atoms with Gasteiger partial charge in [-0.25, -0.2) is 0 Å². The Morgan fingerprint density at radius 2 is 1.79 bits per heavy atom. The van der Waals surface area contributed by atoms with Crippen LogP contribution in [0, 0.1) is 12.8 Å². The summed E-state index contributed by atoms with van der Waals surface area (Å²) in [7, 11) is 0. The van der Waals surface area contributed by atoms with Gasteiger partial charge in [0.15, 0.2) is 5.16 Å². The number of amides is 2. The lowest BCUT2D eigenvalue weighted by molar-refractivity contribution is -0.139. The van der Waals surface area contributed by atoms with Crippen molar-refractivity contribution in [2.45, 2.75) is 38.8 Å². The fourth-order valence-corrected chi connectivity index (χ4v) is 4.42. The summed E-state index contributed by atoms with van der Waals surface area (Å²) in [4.78, 5) is 28.9. The number of piperidine rings is 1. The molecule has 2 aromatic rings. The summed E-state index contributed by atoms with van der Waals surface area (Å²) in [5.41, 5.74) is 2.17. The molecule has 0 N–H and O–H groups in total. The molecule has 156 valence electrons. The largest absolute Gasteiger partial charge is 0.343 e. The summed E-state index contributed by atoms with van der Waals surface area (Å²) in [6, 6.07) is 8.11. The molecule has 0 unspecified atom stereocenters. The second kappa shape index (κ2) is 9.91. The molecule has 8 heteroatoms. The van der Waals surface area contributed by atoms with Crippen molar-refractivity contribution in [1.29, 1.82) is 0 Å². The summed E-state index contributed by atoms with van der Waals surface area (Å²) < 4.78 is 1.90. The molecule has 0 radical (unpaired) electrons. The molecule has 1 saturated heterocycles. The molecule has 2 heterocycles. The standard InChI is InChI=1S/C21H29N5O2S/c1-4-24(5-2)20(28)17-10-12-25(13-11-17)19(27)14-29-21-23-22-15-26(21)18-8-6-16(3)7-9-18/h6-9,15,17H,4-5,10-14H2,1-3H3. The quantitative estimate of drug-likeness (QED) is 0.651. The first-order valence-electron chi connectivity index (χ1n) is 10.2. The number of hydrogen-bond donors (Lipinski definition) is 0. The molecule has 1 aliphatic rings. The van der Waals surface area contributed by atoms with Crippen LogP contribution in [0.2, 0.25) is 0 Å². The van der Waals surface area contributed by atoms with Gasteiger partial charge in [0, 0.05) is 37.8 Å². The number of aryl methyl sites for hydroxylation is 1. The maximum absolute atomic E-state index is 12.7. The minimum atomic E-state index is 0.0382. The summed E-state index contributed by atoms with van der Waals surface area (Å²) >= 11 is 1.40. The van der Waals surface area contributed by atoms with Gasteiger partial charge in [-0.1, -0.05) is 29.5 Å². The van der Waals surface area contributed by atoms with E-state index in [4.69, 9.17) is 0 Å². The molecule has 1 fully saturated rings. The van der Waals surface area contributed by atoms with E-state index in [9.17, 15) is 9.59 Å². The Morgan fingerprint density at radius 1 is 1.14 bits per heavy atom. The molecule has 0 saturated carbocycles. The Morgan fingerprint density at radius 3 is 2.41 bits per heavy atom. The van der Waals surface area contributed by atoms with E-state index < -0.39 is 0 Å². The van der Waals surface area contributed by atoms with Gasteiger partial charge in [0.2, 0.25) is 11.8 Å². The van der Waals surface area contributed by atoms with Crippen LogP contribution in [-0.4, -0.2) is 68.3 Å². The molecule has 1 aromatic heterocycles. The Hall–Kier alpha value is -2.35. The maximum Gasteiger partial charge on any atom is 0.233 e. The summed E-state index contributed by atoms with van der Waals surface area (Å²) in [5.74, 6) is 0.667. The maximum atomic E-state index is 12.7. The van der Waals surface area contributed by atoms with Crippen molar-refractivity contribution in [1.82, 2.24) is 24.6 Å². The Balaban J connectivity index is 1.52. The molecule has 0 aliphatic carbocycles. The molecule has 0 atom stereocenters. The molecule has 1 aliphatic heterocycles.